The summed E-state index contributed by atoms with van der Waals surface area (Å²) in [5.41, 5.74) is 5.82. The van der Waals surface area contributed by atoms with Gasteiger partial charge in [-0.1, -0.05) is 50.3 Å². The molecule has 0 aliphatic carbocycles. The summed E-state index contributed by atoms with van der Waals surface area (Å²) in [6.45, 7) is 15.9. The molecule has 1 aromatic carbocycles. The fourth-order valence-corrected chi connectivity index (χ4v) is 3.23. The van der Waals surface area contributed by atoms with Gasteiger partial charge in [0.2, 0.25) is 0 Å². The van der Waals surface area contributed by atoms with Crippen molar-refractivity contribution in [1.82, 2.24) is 0 Å². The first-order valence-corrected chi connectivity index (χ1v) is 13.9. The summed E-state index contributed by atoms with van der Waals surface area (Å²) in [6.07, 6.45) is 3.28. The third kappa shape index (κ3) is 11.3. The number of carbonyl (C=O) groups is 1. The minimum Gasteiger partial charge on any atom is -0.466 e. The Morgan fingerprint density at radius 3 is 2.29 bits per heavy atom. The van der Waals surface area contributed by atoms with Crippen LogP contribution in [0.1, 0.15) is 70.4 Å². The van der Waals surface area contributed by atoms with Crippen LogP contribution in [0.3, 0.4) is 0 Å². The van der Waals surface area contributed by atoms with E-state index in [0.717, 1.165) is 19.3 Å². The van der Waals surface area contributed by atoms with Gasteiger partial charge in [-0.05, 0) is 51.7 Å². The topological polar surface area (TPSA) is 35.5 Å². The van der Waals surface area contributed by atoms with Crippen LogP contribution in [-0.4, -0.2) is 26.3 Å². The molecule has 1 aromatic rings. The van der Waals surface area contributed by atoms with Gasteiger partial charge >= 0.3 is 5.97 Å². The van der Waals surface area contributed by atoms with Crippen molar-refractivity contribution in [1.29, 1.82) is 0 Å². The lowest BCUT2D eigenvalue weighted by Gasteiger charge is -2.20. The first-order chi connectivity index (χ1) is 13.0. The molecule has 0 bridgehead atoms. The van der Waals surface area contributed by atoms with E-state index in [1.807, 2.05) is 6.92 Å². The van der Waals surface area contributed by atoms with Crippen LogP contribution >= 0.6 is 0 Å². The number of unbranched alkanes of at least 4 members (excludes halogenated alkanes) is 1. The summed E-state index contributed by atoms with van der Waals surface area (Å²) in [5.74, 6) is 3.64. The second-order valence-corrected chi connectivity index (χ2v) is 14.0. The molecule has 28 heavy (non-hydrogen) atoms. The lowest BCUT2D eigenvalue weighted by Crippen LogP contribution is -2.18. The summed E-state index contributed by atoms with van der Waals surface area (Å²) in [7, 11) is -1.43. The normalized spacial score (nSPS) is 12.8. The van der Waals surface area contributed by atoms with Crippen LogP contribution in [0.2, 0.25) is 19.6 Å². The molecule has 0 amide bonds. The van der Waals surface area contributed by atoms with E-state index >= 15 is 0 Å². The van der Waals surface area contributed by atoms with Crippen LogP contribution in [-0.2, 0) is 20.9 Å². The zero-order valence-corrected chi connectivity index (χ0v) is 19.9. The molecule has 0 N–H and O–H groups in total. The van der Waals surface area contributed by atoms with Crippen molar-refractivity contribution in [2.75, 3.05) is 6.61 Å². The molecule has 1 atom stereocenters. The van der Waals surface area contributed by atoms with Gasteiger partial charge in [0.15, 0.2) is 0 Å². The third-order valence-electron chi connectivity index (χ3n) is 4.10. The molecule has 0 aromatic heterocycles. The summed E-state index contributed by atoms with van der Waals surface area (Å²) in [4.78, 5) is 11.5. The fraction of sp³-hybridized carbons (Fsp3) is 0.625. The van der Waals surface area contributed by atoms with Crippen molar-refractivity contribution in [3.05, 3.63) is 35.4 Å². The molecule has 1 rings (SSSR count). The van der Waals surface area contributed by atoms with Crippen LogP contribution in [0.4, 0.5) is 0 Å². The Morgan fingerprint density at radius 2 is 1.75 bits per heavy atom. The van der Waals surface area contributed by atoms with E-state index in [4.69, 9.17) is 9.47 Å². The van der Waals surface area contributed by atoms with Crippen LogP contribution in [0.25, 0.3) is 0 Å². The van der Waals surface area contributed by atoms with E-state index < -0.39 is 8.07 Å². The standard InChI is InChI=1S/C24H38O3Si/c1-8-26-23(25)12-10-9-11-21(17-18-28(5,6)7)22-15-13-20(14-16-22)19-27-24(2,3)4/h13-16,21H,8-12,19H2,1-7H3/t21-/m0/s1. The second kappa shape index (κ2) is 11.4. The lowest BCUT2D eigenvalue weighted by atomic mass is 9.93. The molecular weight excluding hydrogens is 364 g/mol. The number of ether oxygens (including phenoxy) is 2. The molecule has 4 heteroatoms. The Bertz CT molecular complexity index is 654. The smallest absolute Gasteiger partial charge is 0.305 e. The highest BCUT2D eigenvalue weighted by atomic mass is 28.3. The van der Waals surface area contributed by atoms with E-state index in [9.17, 15) is 4.79 Å². The van der Waals surface area contributed by atoms with Crippen LogP contribution < -0.4 is 0 Å². The van der Waals surface area contributed by atoms with E-state index in [-0.39, 0.29) is 17.5 Å². The average molecular weight is 403 g/mol. The second-order valence-electron chi connectivity index (χ2n) is 9.27. The number of carbonyl (C=O) groups excluding carboxylic acids is 1. The van der Waals surface area contributed by atoms with Crippen molar-refractivity contribution < 1.29 is 14.3 Å². The summed E-state index contributed by atoms with van der Waals surface area (Å²) in [6, 6.07) is 8.64. The third-order valence-corrected chi connectivity index (χ3v) is 5.00. The number of esters is 1. The lowest BCUT2D eigenvalue weighted by molar-refractivity contribution is -0.143. The van der Waals surface area contributed by atoms with E-state index in [0.29, 0.717) is 19.6 Å². The maximum Gasteiger partial charge on any atom is 0.305 e. The molecule has 0 aliphatic heterocycles. The SMILES string of the molecule is CCOC(=O)CCCC[C@@H](C#C[Si](C)(C)C)c1ccc(COC(C)(C)C)cc1. The fourth-order valence-electron chi connectivity index (χ4n) is 2.62. The Kier molecular flexibility index (Phi) is 9.99. The van der Waals surface area contributed by atoms with Crippen molar-refractivity contribution in [2.45, 2.75) is 91.1 Å². The van der Waals surface area contributed by atoms with Crippen LogP contribution in [0.15, 0.2) is 24.3 Å². The van der Waals surface area contributed by atoms with E-state index in [1.54, 1.807) is 0 Å². The minimum atomic E-state index is -1.43. The Hall–Kier alpha value is -1.57. The van der Waals surface area contributed by atoms with Crippen LogP contribution in [0.5, 0.6) is 0 Å². The van der Waals surface area contributed by atoms with Gasteiger partial charge < -0.3 is 9.47 Å². The molecule has 0 unspecified atom stereocenters. The molecule has 156 valence electrons. The molecule has 0 saturated carbocycles. The van der Waals surface area contributed by atoms with Gasteiger partial charge in [0, 0.05) is 12.3 Å². The van der Waals surface area contributed by atoms with Gasteiger partial charge in [0.05, 0.1) is 18.8 Å². The van der Waals surface area contributed by atoms with E-state index in [1.165, 1.54) is 11.1 Å². The zero-order valence-electron chi connectivity index (χ0n) is 18.9. The Balaban J connectivity index is 2.75. The number of benzene rings is 1. The monoisotopic (exact) mass is 402 g/mol. The molecular formula is C24H38O3Si. The Morgan fingerprint density at radius 1 is 1.11 bits per heavy atom. The molecule has 3 nitrogen and oxygen atoms in total. The summed E-state index contributed by atoms with van der Waals surface area (Å²) in [5, 5.41) is 0. The van der Waals surface area contributed by atoms with Gasteiger partial charge in [0.1, 0.15) is 8.07 Å². The predicted molar refractivity (Wildman–Crippen MR) is 120 cm³/mol. The molecule has 0 heterocycles. The average Bonchev–Trinajstić information content (AvgIpc) is 2.58. The van der Waals surface area contributed by atoms with Gasteiger partial charge in [-0.3, -0.25) is 4.79 Å². The van der Waals surface area contributed by atoms with E-state index in [2.05, 4.69) is 76.1 Å². The first kappa shape index (κ1) is 24.5. The maximum atomic E-state index is 11.5. The largest absolute Gasteiger partial charge is 0.466 e. The predicted octanol–water partition coefficient (Wildman–Crippen LogP) is 6.09. The molecule has 0 saturated heterocycles. The van der Waals surface area contributed by atoms with Gasteiger partial charge in [-0.25, -0.2) is 0 Å². The van der Waals surface area contributed by atoms with Gasteiger partial charge in [-0.15, -0.1) is 11.5 Å². The highest BCUT2D eigenvalue weighted by Crippen LogP contribution is 2.24. The van der Waals surface area contributed by atoms with Crippen molar-refractivity contribution in [3.8, 4) is 11.5 Å². The molecule has 0 aliphatic rings. The highest BCUT2D eigenvalue weighted by Gasteiger charge is 2.14. The van der Waals surface area contributed by atoms with Crippen molar-refractivity contribution >= 4 is 14.0 Å². The van der Waals surface area contributed by atoms with Crippen molar-refractivity contribution in [2.24, 2.45) is 0 Å². The quantitative estimate of drug-likeness (QED) is 0.217. The first-order valence-electron chi connectivity index (χ1n) is 10.4. The number of rotatable bonds is 9. The Labute approximate surface area is 173 Å². The number of hydrogen-bond donors (Lipinski definition) is 0. The molecule has 0 radical (unpaired) electrons. The summed E-state index contributed by atoms with van der Waals surface area (Å²) >= 11 is 0. The van der Waals surface area contributed by atoms with Gasteiger partial charge in [0.25, 0.3) is 0 Å². The van der Waals surface area contributed by atoms with Crippen LogP contribution in [0, 0.1) is 11.5 Å². The maximum absolute atomic E-state index is 11.5. The van der Waals surface area contributed by atoms with Gasteiger partial charge in [-0.2, -0.15) is 0 Å². The van der Waals surface area contributed by atoms with Crippen molar-refractivity contribution in [3.63, 3.8) is 0 Å². The molecule has 0 spiro atoms. The highest BCUT2D eigenvalue weighted by molar-refractivity contribution is 6.83. The summed E-state index contributed by atoms with van der Waals surface area (Å²) < 4.78 is 10.9. The minimum absolute atomic E-state index is 0.101. The molecule has 0 fully saturated rings. The zero-order chi connectivity index (χ0) is 21.2. The number of hydrogen-bond acceptors (Lipinski definition) is 3.